The van der Waals surface area contributed by atoms with Crippen LogP contribution < -0.4 is 0 Å². The van der Waals surface area contributed by atoms with Gasteiger partial charge in [0, 0.05) is 39.4 Å². The highest BCUT2D eigenvalue weighted by Crippen LogP contribution is 2.28. The van der Waals surface area contributed by atoms with Crippen molar-refractivity contribution in [3.8, 4) is 56.7 Å². The number of nitrogens with zero attached hydrogens (tertiary/aromatic N) is 5. The van der Waals surface area contributed by atoms with Crippen molar-refractivity contribution in [2.45, 2.75) is 0 Å². The van der Waals surface area contributed by atoms with Gasteiger partial charge in [0.1, 0.15) is 0 Å². The van der Waals surface area contributed by atoms with Crippen molar-refractivity contribution in [2.75, 3.05) is 0 Å². The molecule has 0 aliphatic rings. The third-order valence-corrected chi connectivity index (χ3v) is 6.79. The fourth-order valence-corrected chi connectivity index (χ4v) is 4.71. The van der Waals surface area contributed by atoms with E-state index in [1.54, 1.807) is 0 Å². The number of fused-ring (bicyclic) bond motifs is 1. The molecule has 5 nitrogen and oxygen atoms in total. The Morgan fingerprint density at radius 1 is 0.350 bits per heavy atom. The maximum Gasteiger partial charge on any atom is 0.164 e. The van der Waals surface area contributed by atoms with E-state index in [1.165, 1.54) is 0 Å². The van der Waals surface area contributed by atoms with Crippen LogP contribution in [-0.4, -0.2) is 24.9 Å². The van der Waals surface area contributed by atoms with Crippen LogP contribution in [0.15, 0.2) is 140 Å². The zero-order chi connectivity index (χ0) is 26.7. The molecule has 0 aliphatic heterocycles. The second-order valence-corrected chi connectivity index (χ2v) is 9.43. The van der Waals surface area contributed by atoms with Gasteiger partial charge in [0.15, 0.2) is 17.5 Å². The molecule has 0 atom stereocenters. The summed E-state index contributed by atoms with van der Waals surface area (Å²) in [5.41, 5.74) is 7.63. The van der Waals surface area contributed by atoms with Crippen LogP contribution in [-0.2, 0) is 0 Å². The normalized spacial score (nSPS) is 11.0. The summed E-state index contributed by atoms with van der Waals surface area (Å²) in [6, 6.07) is 44.6. The predicted octanol–water partition coefficient (Wildman–Crippen LogP) is 8.15. The molecule has 0 spiro atoms. The molecule has 0 N–H and O–H groups in total. The van der Waals surface area contributed by atoms with Gasteiger partial charge in [0.2, 0.25) is 0 Å². The summed E-state index contributed by atoms with van der Waals surface area (Å²) in [5, 5.41) is 1.11. The predicted molar refractivity (Wildman–Crippen MR) is 160 cm³/mol. The Hall–Kier alpha value is -5.55. The van der Waals surface area contributed by atoms with Crippen LogP contribution in [0.25, 0.3) is 67.6 Å². The Kier molecular flexibility index (Phi) is 6.07. The summed E-state index contributed by atoms with van der Waals surface area (Å²) < 4.78 is 0. The topological polar surface area (TPSA) is 64.5 Å². The van der Waals surface area contributed by atoms with Crippen LogP contribution in [0.3, 0.4) is 0 Å². The lowest BCUT2D eigenvalue weighted by Crippen LogP contribution is -2.00. The van der Waals surface area contributed by atoms with Crippen LogP contribution >= 0.6 is 0 Å². The lowest BCUT2D eigenvalue weighted by Gasteiger charge is -2.09. The molecule has 0 unspecified atom stereocenters. The Labute approximate surface area is 231 Å². The van der Waals surface area contributed by atoms with Crippen molar-refractivity contribution < 1.29 is 0 Å². The minimum Gasteiger partial charge on any atom is -0.256 e. The van der Waals surface area contributed by atoms with E-state index >= 15 is 0 Å². The van der Waals surface area contributed by atoms with Crippen molar-refractivity contribution in [3.05, 3.63) is 140 Å². The average Bonchev–Trinajstić information content (AvgIpc) is 3.05. The van der Waals surface area contributed by atoms with Gasteiger partial charge in [0.25, 0.3) is 0 Å². The van der Waals surface area contributed by atoms with Crippen LogP contribution in [0.1, 0.15) is 0 Å². The van der Waals surface area contributed by atoms with Gasteiger partial charge in [-0.1, -0.05) is 109 Å². The van der Waals surface area contributed by atoms with Gasteiger partial charge in [-0.15, -0.1) is 0 Å². The molecular weight excluding hydrogens is 490 g/mol. The van der Waals surface area contributed by atoms with Crippen molar-refractivity contribution >= 4 is 10.9 Å². The van der Waals surface area contributed by atoms with E-state index in [1.807, 2.05) is 103 Å². The fraction of sp³-hybridized carbons (Fsp3) is 0. The van der Waals surface area contributed by atoms with E-state index < -0.39 is 0 Å². The highest BCUT2D eigenvalue weighted by molar-refractivity contribution is 5.83. The molecule has 0 amide bonds. The first kappa shape index (κ1) is 23.6. The molecule has 188 valence electrons. The molecule has 3 heterocycles. The molecule has 0 bridgehead atoms. The smallest absolute Gasteiger partial charge is 0.164 e. The van der Waals surface area contributed by atoms with Crippen LogP contribution in [0.4, 0.5) is 0 Å². The first-order valence-electron chi connectivity index (χ1n) is 13.1. The molecule has 0 saturated carbocycles. The van der Waals surface area contributed by atoms with Gasteiger partial charge >= 0.3 is 0 Å². The maximum atomic E-state index is 4.96. The summed E-state index contributed by atoms with van der Waals surface area (Å²) in [4.78, 5) is 23.9. The van der Waals surface area contributed by atoms with Crippen molar-refractivity contribution in [2.24, 2.45) is 0 Å². The Balaban J connectivity index is 1.24. The van der Waals surface area contributed by atoms with Crippen molar-refractivity contribution in [1.82, 2.24) is 24.9 Å². The minimum absolute atomic E-state index is 0.629. The largest absolute Gasteiger partial charge is 0.256 e. The number of pyridine rings is 2. The number of hydrogen-bond acceptors (Lipinski definition) is 5. The van der Waals surface area contributed by atoms with Gasteiger partial charge in [-0.05, 0) is 24.3 Å². The highest BCUT2D eigenvalue weighted by Gasteiger charge is 2.13. The second-order valence-electron chi connectivity index (χ2n) is 9.43. The van der Waals surface area contributed by atoms with E-state index in [0.29, 0.717) is 17.5 Å². The summed E-state index contributed by atoms with van der Waals surface area (Å²) >= 11 is 0. The highest BCUT2D eigenvalue weighted by atomic mass is 15.0. The molecule has 0 aliphatic carbocycles. The summed E-state index contributed by atoms with van der Waals surface area (Å²) in [7, 11) is 0. The molecular formula is C35H23N5. The number of rotatable bonds is 5. The Morgan fingerprint density at radius 3 is 1.50 bits per heavy atom. The molecule has 0 saturated heterocycles. The monoisotopic (exact) mass is 513 g/mol. The van der Waals surface area contributed by atoms with E-state index in [-0.39, 0.29) is 0 Å². The van der Waals surface area contributed by atoms with E-state index in [0.717, 1.165) is 50.1 Å². The van der Waals surface area contributed by atoms with Crippen molar-refractivity contribution in [3.63, 3.8) is 0 Å². The van der Waals surface area contributed by atoms with E-state index in [9.17, 15) is 0 Å². The summed E-state index contributed by atoms with van der Waals surface area (Å²) in [6.45, 7) is 0. The molecule has 0 fully saturated rings. The quantitative estimate of drug-likeness (QED) is 0.232. The van der Waals surface area contributed by atoms with Crippen molar-refractivity contribution in [1.29, 1.82) is 0 Å². The molecule has 4 aromatic carbocycles. The molecule has 5 heteroatoms. The zero-order valence-electron chi connectivity index (χ0n) is 21.5. The molecule has 3 aromatic heterocycles. The molecule has 7 rings (SSSR count). The Bertz CT molecular complexity index is 1880. The van der Waals surface area contributed by atoms with Gasteiger partial charge in [-0.3, -0.25) is 4.98 Å². The molecule has 40 heavy (non-hydrogen) atoms. The number of aromatic nitrogens is 5. The van der Waals surface area contributed by atoms with Gasteiger partial charge < -0.3 is 0 Å². The zero-order valence-corrected chi connectivity index (χ0v) is 21.5. The average molecular weight is 514 g/mol. The first-order valence-corrected chi connectivity index (χ1v) is 13.1. The summed E-state index contributed by atoms with van der Waals surface area (Å²) in [5.74, 6) is 1.92. The van der Waals surface area contributed by atoms with Gasteiger partial charge in [-0.25, -0.2) is 19.9 Å². The molecule has 0 radical (unpaired) electrons. The van der Waals surface area contributed by atoms with Crippen LogP contribution in [0.5, 0.6) is 0 Å². The van der Waals surface area contributed by atoms with Gasteiger partial charge in [0.05, 0.1) is 16.9 Å². The summed E-state index contributed by atoms with van der Waals surface area (Å²) in [6.07, 6.45) is 1.82. The first-order chi connectivity index (χ1) is 19.8. The third-order valence-electron chi connectivity index (χ3n) is 6.79. The number of benzene rings is 4. The minimum atomic E-state index is 0.629. The van der Waals surface area contributed by atoms with E-state index in [4.69, 9.17) is 19.9 Å². The van der Waals surface area contributed by atoms with E-state index in [2.05, 4.69) is 41.4 Å². The lowest BCUT2D eigenvalue weighted by molar-refractivity contribution is 1.07. The lowest BCUT2D eigenvalue weighted by atomic mass is 10.1. The number of hydrogen-bond donors (Lipinski definition) is 0. The maximum absolute atomic E-state index is 4.96. The Morgan fingerprint density at radius 2 is 0.875 bits per heavy atom. The third kappa shape index (κ3) is 4.72. The van der Waals surface area contributed by atoms with Crippen LogP contribution in [0.2, 0.25) is 0 Å². The SMILES string of the molecule is c1ccc(-c2nc(-c3ccccc3)nc(-c3ccc(-c4cccc(-c5ccc6cccnc6c5)n4)cc3)n2)cc1. The molecule has 7 aromatic rings. The van der Waals surface area contributed by atoms with Crippen LogP contribution in [0, 0.1) is 0 Å². The van der Waals surface area contributed by atoms with Gasteiger partial charge in [-0.2, -0.15) is 0 Å². The standard InChI is InChI=1S/C35H23N5/c1-3-9-26(10-4-1)33-38-34(27-11-5-2-6-12-27)40-35(39-33)28-19-16-25(17-20-28)30-14-7-15-31(37-30)29-21-18-24-13-8-22-36-32(24)23-29/h1-23H. The fourth-order valence-electron chi connectivity index (χ4n) is 4.71. The second kappa shape index (κ2) is 10.3.